The van der Waals surface area contributed by atoms with Crippen molar-refractivity contribution in [2.45, 2.75) is 75.2 Å². The highest BCUT2D eigenvalue weighted by molar-refractivity contribution is 7.15. The molecule has 0 saturated heterocycles. The summed E-state index contributed by atoms with van der Waals surface area (Å²) in [6, 6.07) is 18.5. The highest BCUT2D eigenvalue weighted by Crippen LogP contribution is 2.33. The molecule has 1 aromatic heterocycles. The maximum Gasteiger partial charge on any atom is 0.125 e. The van der Waals surface area contributed by atoms with Gasteiger partial charge in [0, 0.05) is 22.1 Å². The molecule has 0 aliphatic rings. The Bertz CT molecular complexity index is 1700. The van der Waals surface area contributed by atoms with Crippen LogP contribution in [-0.4, -0.2) is 11.4 Å². The molecule has 0 bridgehead atoms. The minimum absolute atomic E-state index is 0.204. The lowest BCUT2D eigenvalue weighted by Gasteiger charge is -2.10. The Hall–Kier alpha value is -4.23. The molecule has 1 heterocycles. The van der Waals surface area contributed by atoms with Gasteiger partial charge in [-0.3, -0.25) is 4.99 Å². The van der Waals surface area contributed by atoms with Crippen molar-refractivity contribution >= 4 is 52.2 Å². The predicted molar refractivity (Wildman–Crippen MR) is 216 cm³/mol. The van der Waals surface area contributed by atoms with Gasteiger partial charge in [-0.05, 0) is 89.3 Å². The molecule has 0 saturated carbocycles. The first-order chi connectivity index (χ1) is 22.6. The fourth-order valence-electron chi connectivity index (χ4n) is 4.52. The van der Waals surface area contributed by atoms with Gasteiger partial charge in [-0.15, -0.1) is 17.3 Å². The maximum atomic E-state index is 6.30. The Morgan fingerprint density at radius 1 is 0.915 bits per heavy atom. The van der Waals surface area contributed by atoms with Gasteiger partial charge in [-0.25, -0.2) is 4.99 Å². The summed E-state index contributed by atoms with van der Waals surface area (Å²) < 4.78 is 0. The predicted octanol–water partition coefficient (Wildman–Crippen LogP) is 13.5. The quantitative estimate of drug-likeness (QED) is 0.0893. The minimum atomic E-state index is 0.204. The number of rotatable bonds is 10. The van der Waals surface area contributed by atoms with Crippen LogP contribution in [0.3, 0.4) is 0 Å². The highest BCUT2D eigenvalue weighted by atomic mass is 35.5. The van der Waals surface area contributed by atoms with Gasteiger partial charge in [0.05, 0.1) is 16.3 Å². The van der Waals surface area contributed by atoms with Crippen molar-refractivity contribution in [3.63, 3.8) is 0 Å². The molecule has 3 aromatic rings. The van der Waals surface area contributed by atoms with Crippen molar-refractivity contribution < 1.29 is 0 Å². The van der Waals surface area contributed by atoms with Crippen LogP contribution in [-0.2, 0) is 0 Å². The lowest BCUT2D eigenvalue weighted by atomic mass is 9.97. The van der Waals surface area contributed by atoms with Crippen LogP contribution in [0.25, 0.3) is 17.8 Å². The smallest absolute Gasteiger partial charge is 0.125 e. The molecular weight excluding hydrogens is 612 g/mol. The summed E-state index contributed by atoms with van der Waals surface area (Å²) in [4.78, 5) is 11.5. The number of hydrogen-bond acceptors (Lipinski definition) is 3. The first-order valence-corrected chi connectivity index (χ1v) is 17.3. The zero-order chi connectivity index (χ0) is 35.4. The lowest BCUT2D eigenvalue weighted by Crippen LogP contribution is -2.04. The van der Waals surface area contributed by atoms with E-state index in [-0.39, 0.29) is 5.92 Å². The summed E-state index contributed by atoms with van der Waals surface area (Å²) in [5, 5.41) is 0.477. The van der Waals surface area contributed by atoms with E-state index >= 15 is 0 Å². The second kappa shape index (κ2) is 22.3. The maximum absolute atomic E-state index is 6.30. The average molecular weight is 663 g/mol. The Morgan fingerprint density at radius 3 is 2.06 bits per heavy atom. The number of thiophene rings is 1. The van der Waals surface area contributed by atoms with Crippen molar-refractivity contribution in [1.29, 1.82) is 0 Å². The van der Waals surface area contributed by atoms with E-state index in [0.717, 1.165) is 44.3 Å². The number of nitrogens with zero attached hydrogens (tertiary/aromatic N) is 2. The molecule has 0 aliphatic heterocycles. The van der Waals surface area contributed by atoms with Crippen molar-refractivity contribution in [3.05, 3.63) is 146 Å². The minimum Gasteiger partial charge on any atom is -0.253 e. The standard InChI is InChI=1S/C25H26ClNS.C16H19N.C2H6/c1-7-11-17(5)19-13-15-20(16-14-19)24(27-23(26)10-4)25-18(6)21(9-3)22(28-25)12-8-2;1-5-10-15(6-2)13(3)17-14(4)16-11-8-7-9-12-16;1-2/h8-10,12-17H,3H2,1-2,4-6H3;5-12H,4H2,1-3H3;1-2H3/b12-8-,23-10-,27-24-;10-5-,15-6+,17-13?;. The van der Waals surface area contributed by atoms with Gasteiger partial charge < -0.3 is 0 Å². The van der Waals surface area contributed by atoms with Gasteiger partial charge in [-0.2, -0.15) is 0 Å². The van der Waals surface area contributed by atoms with Crippen molar-refractivity contribution in [2.24, 2.45) is 9.98 Å². The fourth-order valence-corrected chi connectivity index (χ4v) is 5.90. The second-order valence-electron chi connectivity index (χ2n) is 10.1. The molecule has 47 heavy (non-hydrogen) atoms. The van der Waals surface area contributed by atoms with Crippen LogP contribution in [0.4, 0.5) is 0 Å². The Morgan fingerprint density at radius 2 is 1.55 bits per heavy atom. The van der Waals surface area contributed by atoms with Crippen molar-refractivity contribution in [2.75, 3.05) is 0 Å². The molecule has 0 spiro atoms. The molecule has 3 rings (SSSR count). The van der Waals surface area contributed by atoms with Crippen molar-refractivity contribution in [1.82, 2.24) is 0 Å². The number of allylic oxidation sites excluding steroid dienone is 6. The Labute approximate surface area is 294 Å². The van der Waals surface area contributed by atoms with E-state index in [2.05, 4.69) is 86.3 Å². The highest BCUT2D eigenvalue weighted by Gasteiger charge is 2.18. The van der Waals surface area contributed by atoms with E-state index in [9.17, 15) is 0 Å². The molecular formula is C43H51ClN2S. The van der Waals surface area contributed by atoms with Gasteiger partial charge in [-0.1, -0.05) is 136 Å². The molecule has 0 amide bonds. The van der Waals surface area contributed by atoms with Gasteiger partial charge in [0.1, 0.15) is 5.16 Å². The van der Waals surface area contributed by atoms with E-state index in [0.29, 0.717) is 5.16 Å². The van der Waals surface area contributed by atoms with Crippen LogP contribution in [0.5, 0.6) is 0 Å². The molecule has 4 heteroatoms. The Kier molecular flexibility index (Phi) is 19.4. The summed E-state index contributed by atoms with van der Waals surface area (Å²) in [7, 11) is 0. The van der Waals surface area contributed by atoms with Crippen LogP contribution in [0.2, 0.25) is 0 Å². The molecule has 0 N–H and O–H groups in total. The van der Waals surface area contributed by atoms with Crippen LogP contribution in [0.1, 0.15) is 106 Å². The van der Waals surface area contributed by atoms with Crippen molar-refractivity contribution in [3.8, 4) is 11.8 Å². The SMILES string of the molecule is C=C(N=C(C)C(/C=C\C)=C/C)c1ccccc1.C=Cc1c(/C=C\C)sc(/C(=N\C(Cl)=C/C)c2ccc(C(C)C#CC)cc2)c1C.CC. The zero-order valence-corrected chi connectivity index (χ0v) is 31.5. The first-order valence-electron chi connectivity index (χ1n) is 16.1. The molecule has 0 fully saturated rings. The average Bonchev–Trinajstić information content (AvgIpc) is 3.41. The molecule has 0 radical (unpaired) electrons. The van der Waals surface area contributed by atoms with E-state index in [4.69, 9.17) is 16.6 Å². The summed E-state index contributed by atoms with van der Waals surface area (Å²) in [5.74, 6) is 6.39. The van der Waals surface area contributed by atoms with Gasteiger partial charge in [0.25, 0.3) is 0 Å². The molecule has 1 atom stereocenters. The van der Waals surface area contributed by atoms with E-state index in [1.54, 1.807) is 17.4 Å². The first kappa shape index (κ1) is 40.8. The lowest BCUT2D eigenvalue weighted by molar-refractivity contribution is 1.00. The van der Waals surface area contributed by atoms with E-state index in [1.807, 2.05) is 104 Å². The third-order valence-corrected chi connectivity index (χ3v) is 8.53. The largest absolute Gasteiger partial charge is 0.253 e. The van der Waals surface area contributed by atoms with Gasteiger partial charge in [0.15, 0.2) is 0 Å². The molecule has 2 nitrogen and oxygen atoms in total. The number of hydrogen-bond donors (Lipinski definition) is 0. The second-order valence-corrected chi connectivity index (χ2v) is 11.5. The molecule has 1 unspecified atom stereocenters. The third-order valence-electron chi connectivity index (χ3n) is 6.95. The number of benzene rings is 2. The van der Waals surface area contributed by atoms with E-state index in [1.165, 1.54) is 16.0 Å². The monoisotopic (exact) mass is 662 g/mol. The molecule has 2 aromatic carbocycles. The topological polar surface area (TPSA) is 24.7 Å². The van der Waals surface area contributed by atoms with Gasteiger partial charge >= 0.3 is 0 Å². The summed E-state index contributed by atoms with van der Waals surface area (Å²) in [6.07, 6.45) is 14.0. The van der Waals surface area contributed by atoms with Crippen LogP contribution >= 0.6 is 22.9 Å². The van der Waals surface area contributed by atoms with E-state index < -0.39 is 0 Å². The third kappa shape index (κ3) is 12.5. The fraction of sp³-hybridized carbons (Fsp3) is 0.256. The zero-order valence-electron chi connectivity index (χ0n) is 29.9. The summed E-state index contributed by atoms with van der Waals surface area (Å²) in [6.45, 7) is 28.0. The molecule has 0 aliphatic carbocycles. The number of aliphatic imine (C=N–C) groups is 2. The summed E-state index contributed by atoms with van der Waals surface area (Å²) in [5.41, 5.74) is 9.39. The summed E-state index contributed by atoms with van der Waals surface area (Å²) >= 11 is 8.01. The molecule has 246 valence electrons. The Balaban J connectivity index is 0.000000497. The van der Waals surface area contributed by atoms with Crippen LogP contribution in [0, 0.1) is 18.8 Å². The van der Waals surface area contributed by atoms with Crippen LogP contribution in [0.15, 0.2) is 119 Å². The van der Waals surface area contributed by atoms with Crippen LogP contribution < -0.4 is 0 Å². The normalized spacial score (nSPS) is 12.8. The number of halogens is 1. The van der Waals surface area contributed by atoms with Gasteiger partial charge in [0.2, 0.25) is 0 Å².